The van der Waals surface area contributed by atoms with E-state index in [-0.39, 0.29) is 35.8 Å². The number of para-hydroxylation sites is 1. The summed E-state index contributed by atoms with van der Waals surface area (Å²) >= 11 is 1.60. The number of benzene rings is 2. The Morgan fingerprint density at radius 1 is 1.00 bits per heavy atom. The second-order valence-corrected chi connectivity index (χ2v) is 11.6. The molecule has 0 spiro atoms. The van der Waals surface area contributed by atoms with Crippen molar-refractivity contribution in [1.29, 1.82) is 0 Å². The van der Waals surface area contributed by atoms with Crippen LogP contribution in [0.15, 0.2) is 53.4 Å². The van der Waals surface area contributed by atoms with Crippen LogP contribution in [0.5, 0.6) is 0 Å². The van der Waals surface area contributed by atoms with E-state index < -0.39 is 10.0 Å². The van der Waals surface area contributed by atoms with Crippen LogP contribution in [0.3, 0.4) is 0 Å². The number of piperazine rings is 1. The molecule has 2 amide bonds. The van der Waals surface area contributed by atoms with Crippen molar-refractivity contribution < 1.29 is 18.0 Å². The average molecular weight is 499 g/mol. The minimum absolute atomic E-state index is 0.0575. The number of fused-ring (bicyclic) bond motifs is 1. The van der Waals surface area contributed by atoms with Crippen LogP contribution in [0, 0.1) is 0 Å². The molecule has 1 unspecified atom stereocenters. The number of likely N-dealkylation sites (tertiary alicyclic amines) is 1. The van der Waals surface area contributed by atoms with Crippen LogP contribution >= 0.6 is 11.3 Å². The van der Waals surface area contributed by atoms with Gasteiger partial charge in [0.15, 0.2) is 0 Å². The van der Waals surface area contributed by atoms with E-state index in [0.717, 1.165) is 28.1 Å². The summed E-state index contributed by atoms with van der Waals surface area (Å²) in [6, 6.07) is 14.1. The topological polar surface area (TPSA) is 90.9 Å². The van der Waals surface area contributed by atoms with E-state index in [1.54, 1.807) is 28.4 Å². The number of sulfonamides is 1. The second-order valence-electron chi connectivity index (χ2n) is 8.61. The standard InChI is InChI=1S/C24H26N4O4S2/c1-17(29)26-12-14-27(15-13-26)34(31,32)19-7-4-6-18(16-19)24(30)28-11-5-9-21(28)23-25-20-8-2-3-10-22(20)33-23/h2-4,6-8,10,16,21H,5,9,11-15H2,1H3. The Hall–Kier alpha value is -2.82. The van der Waals surface area contributed by atoms with Crippen molar-refractivity contribution in [2.75, 3.05) is 32.7 Å². The molecular weight excluding hydrogens is 472 g/mol. The maximum Gasteiger partial charge on any atom is 0.254 e. The maximum atomic E-state index is 13.5. The smallest absolute Gasteiger partial charge is 0.254 e. The molecule has 2 aliphatic rings. The number of carbonyl (C=O) groups is 2. The lowest BCUT2D eigenvalue weighted by atomic mass is 10.1. The summed E-state index contributed by atoms with van der Waals surface area (Å²) < 4.78 is 28.9. The van der Waals surface area contributed by atoms with Gasteiger partial charge in [0.25, 0.3) is 5.91 Å². The number of nitrogens with zero attached hydrogens (tertiary/aromatic N) is 4. The van der Waals surface area contributed by atoms with Crippen molar-refractivity contribution in [1.82, 2.24) is 19.1 Å². The average Bonchev–Trinajstić information content (AvgIpc) is 3.50. The van der Waals surface area contributed by atoms with Gasteiger partial charge in [0, 0.05) is 45.2 Å². The van der Waals surface area contributed by atoms with E-state index in [1.807, 2.05) is 29.2 Å². The second kappa shape index (κ2) is 9.09. The first-order chi connectivity index (χ1) is 16.3. The lowest BCUT2D eigenvalue weighted by Gasteiger charge is -2.33. The molecule has 2 aliphatic heterocycles. The Balaban J connectivity index is 1.37. The fraction of sp³-hybridized carbons (Fsp3) is 0.375. The molecule has 2 fully saturated rings. The summed E-state index contributed by atoms with van der Waals surface area (Å²) in [5, 5.41) is 0.916. The fourth-order valence-electron chi connectivity index (χ4n) is 4.65. The number of rotatable bonds is 4. The minimum Gasteiger partial charge on any atom is -0.340 e. The third kappa shape index (κ3) is 4.21. The van der Waals surface area contributed by atoms with Crippen LogP contribution in [0.4, 0.5) is 0 Å². The molecule has 1 aromatic heterocycles. The first kappa shape index (κ1) is 22.9. The summed E-state index contributed by atoms with van der Waals surface area (Å²) in [5.74, 6) is -0.238. The van der Waals surface area contributed by atoms with Crippen LogP contribution < -0.4 is 0 Å². The monoisotopic (exact) mass is 498 g/mol. The highest BCUT2D eigenvalue weighted by Crippen LogP contribution is 2.37. The molecule has 2 aromatic carbocycles. The SMILES string of the molecule is CC(=O)N1CCN(S(=O)(=O)c2cccc(C(=O)N3CCCC3c3nc4ccccc4s3)c2)CC1. The molecule has 0 saturated carbocycles. The Kier molecular flexibility index (Phi) is 6.13. The zero-order valence-corrected chi connectivity index (χ0v) is 20.5. The highest BCUT2D eigenvalue weighted by Gasteiger charge is 2.34. The van der Waals surface area contributed by atoms with Gasteiger partial charge in [-0.3, -0.25) is 9.59 Å². The van der Waals surface area contributed by atoms with Gasteiger partial charge in [-0.2, -0.15) is 4.31 Å². The van der Waals surface area contributed by atoms with Gasteiger partial charge in [0.1, 0.15) is 5.01 Å². The van der Waals surface area contributed by atoms with Gasteiger partial charge >= 0.3 is 0 Å². The molecule has 0 bridgehead atoms. The first-order valence-corrected chi connectivity index (χ1v) is 13.6. The van der Waals surface area contributed by atoms with Crippen molar-refractivity contribution in [3.8, 4) is 0 Å². The number of hydrogen-bond acceptors (Lipinski definition) is 6. The minimum atomic E-state index is -3.76. The summed E-state index contributed by atoms with van der Waals surface area (Å²) in [6.07, 6.45) is 1.72. The molecular formula is C24H26N4O4S2. The van der Waals surface area contributed by atoms with Crippen LogP contribution in [0.1, 0.15) is 41.2 Å². The predicted molar refractivity (Wildman–Crippen MR) is 130 cm³/mol. The molecule has 178 valence electrons. The molecule has 1 atom stereocenters. The number of amides is 2. The van der Waals surface area contributed by atoms with Crippen molar-refractivity contribution in [2.45, 2.75) is 30.7 Å². The predicted octanol–water partition coefficient (Wildman–Crippen LogP) is 3.13. The third-order valence-electron chi connectivity index (χ3n) is 6.51. The summed E-state index contributed by atoms with van der Waals surface area (Å²) in [6.45, 7) is 3.32. The van der Waals surface area contributed by atoms with Gasteiger partial charge in [-0.05, 0) is 43.2 Å². The Labute approximate surface area is 202 Å². The van der Waals surface area contributed by atoms with E-state index in [0.29, 0.717) is 25.2 Å². The zero-order valence-electron chi connectivity index (χ0n) is 18.9. The van der Waals surface area contributed by atoms with Gasteiger partial charge in [-0.15, -0.1) is 11.3 Å². The lowest BCUT2D eigenvalue weighted by molar-refractivity contribution is -0.129. The molecule has 34 heavy (non-hydrogen) atoms. The summed E-state index contributed by atoms with van der Waals surface area (Å²) in [5.41, 5.74) is 1.29. The van der Waals surface area contributed by atoms with Gasteiger partial charge in [-0.25, -0.2) is 13.4 Å². The van der Waals surface area contributed by atoms with Gasteiger partial charge in [0.05, 0.1) is 21.2 Å². The van der Waals surface area contributed by atoms with Crippen molar-refractivity contribution in [2.24, 2.45) is 0 Å². The molecule has 3 heterocycles. The van der Waals surface area contributed by atoms with Crippen LogP contribution in [0.2, 0.25) is 0 Å². The molecule has 2 saturated heterocycles. The number of carbonyl (C=O) groups excluding carboxylic acids is 2. The van der Waals surface area contributed by atoms with E-state index in [2.05, 4.69) is 0 Å². The third-order valence-corrected chi connectivity index (χ3v) is 9.54. The van der Waals surface area contributed by atoms with Crippen molar-refractivity contribution >= 4 is 43.4 Å². The van der Waals surface area contributed by atoms with Crippen molar-refractivity contribution in [3.05, 3.63) is 59.1 Å². The molecule has 10 heteroatoms. The zero-order chi connectivity index (χ0) is 23.9. The lowest BCUT2D eigenvalue weighted by Crippen LogP contribution is -2.49. The Bertz CT molecular complexity index is 1310. The maximum absolute atomic E-state index is 13.5. The number of aromatic nitrogens is 1. The highest BCUT2D eigenvalue weighted by atomic mass is 32.2. The van der Waals surface area contributed by atoms with Gasteiger partial charge in [0.2, 0.25) is 15.9 Å². The fourth-order valence-corrected chi connectivity index (χ4v) is 7.23. The van der Waals surface area contributed by atoms with E-state index in [4.69, 9.17) is 4.98 Å². The van der Waals surface area contributed by atoms with Crippen LogP contribution in [-0.4, -0.2) is 72.0 Å². The van der Waals surface area contributed by atoms with Crippen LogP contribution in [0.25, 0.3) is 10.2 Å². The Morgan fingerprint density at radius 2 is 1.76 bits per heavy atom. The molecule has 3 aromatic rings. The molecule has 0 radical (unpaired) electrons. The number of thiazole rings is 1. The first-order valence-electron chi connectivity index (χ1n) is 11.4. The van der Waals surface area contributed by atoms with Crippen molar-refractivity contribution in [3.63, 3.8) is 0 Å². The quantitative estimate of drug-likeness (QED) is 0.551. The normalized spacial score (nSPS) is 19.6. The number of hydrogen-bond donors (Lipinski definition) is 0. The molecule has 0 aliphatic carbocycles. The van der Waals surface area contributed by atoms with Gasteiger partial charge in [-0.1, -0.05) is 18.2 Å². The largest absolute Gasteiger partial charge is 0.340 e. The molecule has 8 nitrogen and oxygen atoms in total. The molecule has 0 N–H and O–H groups in total. The summed E-state index contributed by atoms with van der Waals surface area (Å²) in [4.78, 5) is 33.3. The van der Waals surface area contributed by atoms with Crippen LogP contribution in [-0.2, 0) is 14.8 Å². The van der Waals surface area contributed by atoms with E-state index in [1.165, 1.54) is 23.4 Å². The van der Waals surface area contributed by atoms with E-state index >= 15 is 0 Å². The molecule has 5 rings (SSSR count). The van der Waals surface area contributed by atoms with Gasteiger partial charge < -0.3 is 9.80 Å². The van der Waals surface area contributed by atoms with E-state index in [9.17, 15) is 18.0 Å². The summed E-state index contributed by atoms with van der Waals surface area (Å²) in [7, 11) is -3.76. The highest BCUT2D eigenvalue weighted by molar-refractivity contribution is 7.89. The Morgan fingerprint density at radius 3 is 2.50 bits per heavy atom.